The van der Waals surface area contributed by atoms with Crippen molar-refractivity contribution < 1.29 is 9.53 Å². The van der Waals surface area contributed by atoms with Gasteiger partial charge in [-0.2, -0.15) is 0 Å². The summed E-state index contributed by atoms with van der Waals surface area (Å²) in [7, 11) is 0. The summed E-state index contributed by atoms with van der Waals surface area (Å²) in [4.78, 5) is 14.5. The van der Waals surface area contributed by atoms with E-state index in [4.69, 9.17) is 4.74 Å². The zero-order valence-electron chi connectivity index (χ0n) is 16.0. The van der Waals surface area contributed by atoms with Gasteiger partial charge in [-0.3, -0.25) is 4.79 Å². The number of hydrogen-bond acceptors (Lipinski definition) is 3. The summed E-state index contributed by atoms with van der Waals surface area (Å²) >= 11 is 0. The molecule has 0 bridgehead atoms. The summed E-state index contributed by atoms with van der Waals surface area (Å²) < 4.78 is 5.97. The number of nitrogens with zero attached hydrogens (tertiary/aromatic N) is 1. The predicted molar refractivity (Wildman–Crippen MR) is 110 cm³/mol. The molecule has 1 aliphatic heterocycles. The lowest BCUT2D eigenvalue weighted by Crippen LogP contribution is -2.36. The van der Waals surface area contributed by atoms with Crippen LogP contribution in [-0.2, 0) is 11.2 Å². The number of aryl methyl sites for hydroxylation is 1. The van der Waals surface area contributed by atoms with E-state index in [1.807, 2.05) is 35.2 Å². The number of likely N-dealkylation sites (tertiary alicyclic amines) is 1. The van der Waals surface area contributed by atoms with Crippen molar-refractivity contribution in [2.24, 2.45) is 0 Å². The van der Waals surface area contributed by atoms with Crippen LogP contribution in [0.4, 0.5) is 5.69 Å². The minimum atomic E-state index is 0.177. The molecule has 0 aromatic heterocycles. The quantitative estimate of drug-likeness (QED) is 0.699. The van der Waals surface area contributed by atoms with Crippen LogP contribution < -0.4 is 10.1 Å². The fourth-order valence-corrected chi connectivity index (χ4v) is 3.44. The van der Waals surface area contributed by atoms with E-state index in [9.17, 15) is 4.79 Å². The maximum Gasteiger partial charge on any atom is 0.241 e. The van der Waals surface area contributed by atoms with Crippen LogP contribution in [0, 0.1) is 0 Å². The Kier molecular flexibility index (Phi) is 7.57. The number of rotatable bonds is 8. The number of benzene rings is 2. The van der Waals surface area contributed by atoms with Crippen molar-refractivity contribution in [1.29, 1.82) is 0 Å². The first-order valence-corrected chi connectivity index (χ1v) is 10.1. The van der Waals surface area contributed by atoms with Crippen LogP contribution in [0.15, 0.2) is 54.6 Å². The normalized spacial score (nSPS) is 14.4. The molecule has 3 rings (SSSR count). The minimum absolute atomic E-state index is 0.177. The van der Waals surface area contributed by atoms with Crippen molar-refractivity contribution in [1.82, 2.24) is 4.90 Å². The third-order valence-electron chi connectivity index (χ3n) is 4.99. The van der Waals surface area contributed by atoms with E-state index in [2.05, 4.69) is 29.6 Å². The molecule has 1 N–H and O–H groups in total. The van der Waals surface area contributed by atoms with Gasteiger partial charge in [0.25, 0.3) is 0 Å². The molecule has 2 aromatic rings. The highest BCUT2D eigenvalue weighted by Crippen LogP contribution is 2.24. The standard InChI is InChI=1S/C23H30N2O2/c26-23(25-16-8-1-2-9-17-25)19-24-21-14-6-7-15-22(21)27-18-10-13-20-11-4-3-5-12-20/h3-7,11-12,14-15,24H,1-2,8-10,13,16-19H2. The monoisotopic (exact) mass is 366 g/mol. The second kappa shape index (κ2) is 10.6. The van der Waals surface area contributed by atoms with E-state index in [0.29, 0.717) is 13.2 Å². The van der Waals surface area contributed by atoms with Crippen molar-refractivity contribution in [2.75, 3.05) is 31.6 Å². The van der Waals surface area contributed by atoms with Crippen molar-refractivity contribution in [3.63, 3.8) is 0 Å². The number of ether oxygens (including phenoxy) is 1. The number of para-hydroxylation sites is 2. The van der Waals surface area contributed by atoms with Crippen molar-refractivity contribution in [3.05, 3.63) is 60.2 Å². The van der Waals surface area contributed by atoms with Crippen LogP contribution in [0.2, 0.25) is 0 Å². The van der Waals surface area contributed by atoms with Gasteiger partial charge in [-0.25, -0.2) is 0 Å². The van der Waals surface area contributed by atoms with Gasteiger partial charge in [-0.05, 0) is 43.4 Å². The van der Waals surface area contributed by atoms with Crippen LogP contribution in [0.1, 0.15) is 37.7 Å². The van der Waals surface area contributed by atoms with E-state index in [0.717, 1.165) is 50.2 Å². The molecule has 1 fully saturated rings. The van der Waals surface area contributed by atoms with Gasteiger partial charge in [-0.15, -0.1) is 0 Å². The third-order valence-corrected chi connectivity index (χ3v) is 4.99. The Hall–Kier alpha value is -2.49. The van der Waals surface area contributed by atoms with Crippen LogP contribution in [0.5, 0.6) is 5.75 Å². The SMILES string of the molecule is O=C(CNc1ccccc1OCCCc1ccccc1)N1CCCCCC1. The Balaban J connectivity index is 1.46. The Bertz CT molecular complexity index is 695. The van der Waals surface area contributed by atoms with Crippen molar-refractivity contribution >= 4 is 11.6 Å². The molecule has 144 valence electrons. The van der Waals surface area contributed by atoms with Gasteiger partial charge in [-0.1, -0.05) is 55.3 Å². The van der Waals surface area contributed by atoms with E-state index in [1.54, 1.807) is 0 Å². The van der Waals surface area contributed by atoms with Gasteiger partial charge in [0, 0.05) is 13.1 Å². The number of carbonyl (C=O) groups is 1. The Morgan fingerprint density at radius 2 is 1.63 bits per heavy atom. The summed E-state index contributed by atoms with van der Waals surface area (Å²) in [5, 5.41) is 3.27. The largest absolute Gasteiger partial charge is 0.491 e. The van der Waals surface area contributed by atoms with Crippen LogP contribution in [-0.4, -0.2) is 37.0 Å². The molecule has 0 saturated carbocycles. The Morgan fingerprint density at radius 1 is 0.926 bits per heavy atom. The van der Waals surface area contributed by atoms with Crippen LogP contribution in [0.25, 0.3) is 0 Å². The molecule has 1 saturated heterocycles. The minimum Gasteiger partial charge on any atom is -0.491 e. The number of amides is 1. The first kappa shape index (κ1) is 19.3. The molecular formula is C23H30N2O2. The summed E-state index contributed by atoms with van der Waals surface area (Å²) in [6.45, 7) is 2.76. The topological polar surface area (TPSA) is 41.6 Å². The van der Waals surface area contributed by atoms with Gasteiger partial charge in [0.1, 0.15) is 5.75 Å². The Labute approximate surface area is 162 Å². The number of carbonyl (C=O) groups excluding carboxylic acids is 1. The average Bonchev–Trinajstić information content (AvgIpc) is 3.00. The maximum atomic E-state index is 12.5. The van der Waals surface area contributed by atoms with Crippen molar-refractivity contribution in [3.8, 4) is 5.75 Å². The average molecular weight is 367 g/mol. The second-order valence-electron chi connectivity index (χ2n) is 7.08. The highest BCUT2D eigenvalue weighted by atomic mass is 16.5. The molecule has 0 atom stereocenters. The smallest absolute Gasteiger partial charge is 0.241 e. The molecule has 2 aromatic carbocycles. The molecule has 0 radical (unpaired) electrons. The van der Waals surface area contributed by atoms with Crippen molar-refractivity contribution in [2.45, 2.75) is 38.5 Å². The number of hydrogen-bond donors (Lipinski definition) is 1. The molecule has 0 unspecified atom stereocenters. The number of nitrogens with one attached hydrogen (secondary N) is 1. The molecule has 1 amide bonds. The molecule has 4 heteroatoms. The maximum absolute atomic E-state index is 12.5. The lowest BCUT2D eigenvalue weighted by Gasteiger charge is -2.21. The van der Waals surface area contributed by atoms with Gasteiger partial charge >= 0.3 is 0 Å². The van der Waals surface area contributed by atoms with Gasteiger partial charge in [0.2, 0.25) is 5.91 Å². The predicted octanol–water partition coefficient (Wildman–Crippen LogP) is 4.51. The number of anilines is 1. The zero-order chi connectivity index (χ0) is 18.7. The molecule has 0 spiro atoms. The van der Waals surface area contributed by atoms with E-state index < -0.39 is 0 Å². The first-order valence-electron chi connectivity index (χ1n) is 10.1. The molecule has 27 heavy (non-hydrogen) atoms. The van der Waals surface area contributed by atoms with Crippen LogP contribution in [0.3, 0.4) is 0 Å². The summed E-state index contributed by atoms with van der Waals surface area (Å²) in [5.74, 6) is 0.991. The lowest BCUT2D eigenvalue weighted by molar-refractivity contribution is -0.129. The summed E-state index contributed by atoms with van der Waals surface area (Å²) in [5.41, 5.74) is 2.22. The zero-order valence-corrected chi connectivity index (χ0v) is 16.0. The van der Waals surface area contributed by atoms with E-state index in [1.165, 1.54) is 18.4 Å². The Morgan fingerprint density at radius 3 is 2.41 bits per heavy atom. The molecular weight excluding hydrogens is 336 g/mol. The third kappa shape index (κ3) is 6.31. The fourth-order valence-electron chi connectivity index (χ4n) is 3.44. The first-order chi connectivity index (χ1) is 13.3. The van der Waals surface area contributed by atoms with Gasteiger partial charge < -0.3 is 15.0 Å². The van der Waals surface area contributed by atoms with Gasteiger partial charge in [0.15, 0.2) is 0 Å². The summed E-state index contributed by atoms with van der Waals surface area (Å²) in [6, 6.07) is 18.3. The van der Waals surface area contributed by atoms with E-state index >= 15 is 0 Å². The second-order valence-corrected chi connectivity index (χ2v) is 7.08. The molecule has 4 nitrogen and oxygen atoms in total. The summed E-state index contributed by atoms with van der Waals surface area (Å²) in [6.07, 6.45) is 6.67. The fraction of sp³-hybridized carbons (Fsp3) is 0.435. The van der Waals surface area contributed by atoms with E-state index in [-0.39, 0.29) is 5.91 Å². The molecule has 1 heterocycles. The van der Waals surface area contributed by atoms with Gasteiger partial charge in [0.05, 0.1) is 18.8 Å². The lowest BCUT2D eigenvalue weighted by atomic mass is 10.1. The highest BCUT2D eigenvalue weighted by Gasteiger charge is 2.15. The highest BCUT2D eigenvalue weighted by molar-refractivity contribution is 5.81. The van der Waals surface area contributed by atoms with Crippen LogP contribution >= 0.6 is 0 Å². The molecule has 0 aliphatic carbocycles. The molecule has 1 aliphatic rings.